The van der Waals surface area contributed by atoms with Gasteiger partial charge in [-0.3, -0.25) is 0 Å². The fraction of sp³-hybridized carbons (Fsp3) is 0.176. The molecule has 0 spiro atoms. The Hall–Kier alpha value is -2.71. The Labute approximate surface area is 139 Å². The third kappa shape index (κ3) is 5.20. The van der Waals surface area contributed by atoms with Gasteiger partial charge in [0.05, 0.1) is 18.2 Å². The maximum absolute atomic E-state index is 11.8. The van der Waals surface area contributed by atoms with E-state index in [9.17, 15) is 4.79 Å². The summed E-state index contributed by atoms with van der Waals surface area (Å²) >= 11 is 5.88. The molecule has 0 aliphatic carbocycles. The molecule has 2 aromatic carbocycles. The van der Waals surface area contributed by atoms with Crippen LogP contribution < -0.4 is 15.4 Å². The minimum atomic E-state index is -0.350. The Kier molecular flexibility index (Phi) is 5.84. The van der Waals surface area contributed by atoms with Crippen molar-refractivity contribution in [2.24, 2.45) is 0 Å². The van der Waals surface area contributed by atoms with E-state index in [1.165, 1.54) is 0 Å². The van der Waals surface area contributed by atoms with Gasteiger partial charge >= 0.3 is 6.03 Å². The van der Waals surface area contributed by atoms with Crippen molar-refractivity contribution in [2.45, 2.75) is 6.92 Å². The van der Waals surface area contributed by atoms with Crippen LogP contribution in [0.3, 0.4) is 0 Å². The highest BCUT2D eigenvalue weighted by molar-refractivity contribution is 6.30. The molecule has 0 bridgehead atoms. The second-order valence-corrected chi connectivity index (χ2v) is 5.27. The molecule has 6 heteroatoms. The number of amides is 2. The van der Waals surface area contributed by atoms with Crippen LogP contribution in [0.1, 0.15) is 11.1 Å². The Bertz CT molecular complexity index is 741. The van der Waals surface area contributed by atoms with Crippen LogP contribution in [0.2, 0.25) is 5.02 Å². The quantitative estimate of drug-likeness (QED) is 0.821. The average Bonchev–Trinajstić information content (AvgIpc) is 2.53. The van der Waals surface area contributed by atoms with Gasteiger partial charge in [0.2, 0.25) is 0 Å². The van der Waals surface area contributed by atoms with Gasteiger partial charge in [-0.05, 0) is 48.9 Å². The summed E-state index contributed by atoms with van der Waals surface area (Å²) in [7, 11) is 0. The lowest BCUT2D eigenvalue weighted by molar-refractivity contribution is 0.247. The molecule has 2 rings (SSSR count). The number of anilines is 1. The summed E-state index contributed by atoms with van der Waals surface area (Å²) in [5.41, 5.74) is 2.00. The van der Waals surface area contributed by atoms with E-state index in [2.05, 4.69) is 10.6 Å². The fourth-order valence-electron chi connectivity index (χ4n) is 1.94. The number of benzene rings is 2. The van der Waals surface area contributed by atoms with Crippen molar-refractivity contribution < 1.29 is 9.53 Å². The number of halogens is 1. The molecule has 0 unspecified atom stereocenters. The van der Waals surface area contributed by atoms with E-state index in [4.69, 9.17) is 21.6 Å². The minimum Gasteiger partial charge on any atom is -0.491 e. The fourth-order valence-corrected chi connectivity index (χ4v) is 2.17. The first kappa shape index (κ1) is 16.7. The molecule has 5 nitrogen and oxygen atoms in total. The predicted molar refractivity (Wildman–Crippen MR) is 89.9 cm³/mol. The van der Waals surface area contributed by atoms with Gasteiger partial charge in [-0.15, -0.1) is 0 Å². The van der Waals surface area contributed by atoms with Crippen LogP contribution in [0.4, 0.5) is 10.5 Å². The van der Waals surface area contributed by atoms with Crippen LogP contribution in [-0.4, -0.2) is 19.2 Å². The molecule has 0 radical (unpaired) electrons. The maximum atomic E-state index is 11.8. The molecular formula is C17H16ClN3O2. The second kappa shape index (κ2) is 8.06. The first-order chi connectivity index (χ1) is 11.1. The van der Waals surface area contributed by atoms with Crippen molar-refractivity contribution in [3.8, 4) is 11.8 Å². The van der Waals surface area contributed by atoms with Crippen LogP contribution in [0.5, 0.6) is 5.75 Å². The van der Waals surface area contributed by atoms with Gasteiger partial charge in [-0.2, -0.15) is 5.26 Å². The predicted octanol–water partition coefficient (Wildman–Crippen LogP) is 3.72. The molecule has 0 saturated heterocycles. The van der Waals surface area contributed by atoms with E-state index in [0.717, 1.165) is 11.3 Å². The Morgan fingerprint density at radius 1 is 1.30 bits per heavy atom. The molecule has 118 valence electrons. The highest BCUT2D eigenvalue weighted by Crippen LogP contribution is 2.21. The average molecular weight is 330 g/mol. The molecule has 2 amide bonds. The Morgan fingerprint density at radius 3 is 2.87 bits per heavy atom. The Morgan fingerprint density at radius 2 is 2.13 bits per heavy atom. The van der Waals surface area contributed by atoms with Gasteiger partial charge < -0.3 is 15.4 Å². The van der Waals surface area contributed by atoms with Crippen molar-refractivity contribution in [1.82, 2.24) is 5.32 Å². The van der Waals surface area contributed by atoms with Gasteiger partial charge in [0.1, 0.15) is 12.4 Å². The summed E-state index contributed by atoms with van der Waals surface area (Å²) < 4.78 is 5.58. The third-order valence-corrected chi connectivity index (χ3v) is 3.27. The molecule has 2 aromatic rings. The number of nitriles is 1. The summed E-state index contributed by atoms with van der Waals surface area (Å²) in [6.45, 7) is 2.60. The van der Waals surface area contributed by atoms with Crippen molar-refractivity contribution >= 4 is 23.3 Å². The number of hydrogen-bond acceptors (Lipinski definition) is 3. The first-order valence-electron chi connectivity index (χ1n) is 7.02. The van der Waals surface area contributed by atoms with Crippen molar-refractivity contribution in [3.05, 3.63) is 58.6 Å². The van der Waals surface area contributed by atoms with E-state index in [1.807, 2.05) is 19.1 Å². The largest absolute Gasteiger partial charge is 0.491 e. The number of nitrogens with one attached hydrogen (secondary N) is 2. The molecule has 0 atom stereocenters. The van der Waals surface area contributed by atoms with Gasteiger partial charge in [0.15, 0.2) is 0 Å². The summed E-state index contributed by atoms with van der Waals surface area (Å²) in [6.07, 6.45) is 0. The van der Waals surface area contributed by atoms with Crippen molar-refractivity contribution in [3.63, 3.8) is 0 Å². The lowest BCUT2D eigenvalue weighted by Crippen LogP contribution is -2.32. The zero-order chi connectivity index (χ0) is 16.7. The summed E-state index contributed by atoms with van der Waals surface area (Å²) in [6, 6.07) is 13.7. The van der Waals surface area contributed by atoms with Gasteiger partial charge in [0.25, 0.3) is 0 Å². The summed E-state index contributed by atoms with van der Waals surface area (Å²) in [5, 5.41) is 14.8. The van der Waals surface area contributed by atoms with Gasteiger partial charge in [-0.25, -0.2) is 4.79 Å². The molecule has 0 fully saturated rings. The summed E-state index contributed by atoms with van der Waals surface area (Å²) in [4.78, 5) is 11.8. The number of ether oxygens (including phenoxy) is 1. The first-order valence-corrected chi connectivity index (χ1v) is 7.40. The van der Waals surface area contributed by atoms with Crippen LogP contribution in [0.25, 0.3) is 0 Å². The molecule has 0 aliphatic heterocycles. The van der Waals surface area contributed by atoms with Crippen molar-refractivity contribution in [1.29, 1.82) is 5.26 Å². The highest BCUT2D eigenvalue weighted by Gasteiger charge is 2.03. The van der Waals surface area contributed by atoms with Crippen LogP contribution in [0, 0.1) is 18.3 Å². The van der Waals surface area contributed by atoms with E-state index >= 15 is 0 Å². The molecule has 0 aliphatic rings. The van der Waals surface area contributed by atoms with E-state index in [1.54, 1.807) is 36.4 Å². The SMILES string of the molecule is Cc1cc(Cl)ccc1OCCNC(=O)Nc1cccc(C#N)c1. The third-order valence-electron chi connectivity index (χ3n) is 3.03. The topological polar surface area (TPSA) is 74.2 Å². The zero-order valence-electron chi connectivity index (χ0n) is 12.6. The standard InChI is InChI=1S/C17H16ClN3O2/c1-12-9-14(18)5-6-16(12)23-8-7-20-17(22)21-15-4-2-3-13(10-15)11-19/h2-6,9-10H,7-8H2,1H3,(H2,20,21,22). The lowest BCUT2D eigenvalue weighted by atomic mass is 10.2. The molecule has 2 N–H and O–H groups in total. The van der Waals surface area contributed by atoms with Crippen LogP contribution in [-0.2, 0) is 0 Å². The second-order valence-electron chi connectivity index (χ2n) is 4.83. The Balaban J connectivity index is 1.75. The van der Waals surface area contributed by atoms with Crippen LogP contribution >= 0.6 is 11.6 Å². The number of urea groups is 1. The normalized spacial score (nSPS) is 9.78. The summed E-state index contributed by atoms with van der Waals surface area (Å²) in [5.74, 6) is 0.735. The molecule has 0 aromatic heterocycles. The van der Waals surface area contributed by atoms with E-state index in [0.29, 0.717) is 29.4 Å². The van der Waals surface area contributed by atoms with E-state index < -0.39 is 0 Å². The maximum Gasteiger partial charge on any atom is 0.319 e. The lowest BCUT2D eigenvalue weighted by Gasteiger charge is -2.11. The number of rotatable bonds is 5. The number of aryl methyl sites for hydroxylation is 1. The minimum absolute atomic E-state index is 0.341. The zero-order valence-corrected chi connectivity index (χ0v) is 13.4. The molecular weight excluding hydrogens is 314 g/mol. The number of nitrogens with zero attached hydrogens (tertiary/aromatic N) is 1. The highest BCUT2D eigenvalue weighted by atomic mass is 35.5. The number of carbonyl (C=O) groups excluding carboxylic acids is 1. The van der Waals surface area contributed by atoms with E-state index in [-0.39, 0.29) is 6.03 Å². The molecule has 0 heterocycles. The molecule has 0 saturated carbocycles. The van der Waals surface area contributed by atoms with Gasteiger partial charge in [-0.1, -0.05) is 17.7 Å². The number of carbonyl (C=O) groups is 1. The monoisotopic (exact) mass is 329 g/mol. The molecule has 23 heavy (non-hydrogen) atoms. The van der Waals surface area contributed by atoms with Gasteiger partial charge in [0, 0.05) is 10.7 Å². The van der Waals surface area contributed by atoms with Crippen LogP contribution in [0.15, 0.2) is 42.5 Å². The smallest absolute Gasteiger partial charge is 0.319 e. The van der Waals surface area contributed by atoms with Crippen molar-refractivity contribution in [2.75, 3.05) is 18.5 Å². The number of hydrogen-bond donors (Lipinski definition) is 2.